The first-order valence-corrected chi connectivity index (χ1v) is 7.04. The van der Waals surface area contributed by atoms with Crippen LogP contribution in [0.5, 0.6) is 0 Å². The molecule has 5 nitrogen and oxygen atoms in total. The van der Waals surface area contributed by atoms with Gasteiger partial charge in [-0.15, -0.1) is 12.4 Å². The number of hydrogen-bond acceptors (Lipinski definition) is 3. The van der Waals surface area contributed by atoms with E-state index < -0.39 is 0 Å². The van der Waals surface area contributed by atoms with Crippen LogP contribution in [0.3, 0.4) is 0 Å². The second-order valence-corrected chi connectivity index (χ2v) is 5.43. The van der Waals surface area contributed by atoms with Crippen molar-refractivity contribution in [3.63, 3.8) is 0 Å². The largest absolute Gasteiger partial charge is 0.468 e. The number of hydrogen-bond donors (Lipinski definition) is 3. The minimum absolute atomic E-state index is 0. The maximum Gasteiger partial charge on any atom is 0.206 e. The summed E-state index contributed by atoms with van der Waals surface area (Å²) in [5.41, 5.74) is 11.1. The summed E-state index contributed by atoms with van der Waals surface area (Å²) in [7, 11) is 0. The van der Waals surface area contributed by atoms with Crippen LogP contribution in [0.2, 0.25) is 0 Å². The molecule has 23 heavy (non-hydrogen) atoms. The number of nitrogens with zero attached hydrogens (tertiary/aromatic N) is 1. The SMILES string of the molecule is Cc1coc2c1/C(=N/NC(=N)N)CC(c1ccccc1F)C2.Cl. The minimum atomic E-state index is -0.233. The zero-order chi connectivity index (χ0) is 15.7. The molecule has 1 aliphatic rings. The van der Waals surface area contributed by atoms with Crippen molar-refractivity contribution in [3.05, 3.63) is 58.8 Å². The molecule has 3 rings (SSSR count). The number of nitrogens with one attached hydrogen (secondary N) is 2. The van der Waals surface area contributed by atoms with E-state index >= 15 is 0 Å². The van der Waals surface area contributed by atoms with Gasteiger partial charge in [-0.05, 0) is 36.5 Å². The van der Waals surface area contributed by atoms with Gasteiger partial charge < -0.3 is 10.2 Å². The molecule has 1 aromatic carbocycles. The number of furan rings is 1. The smallest absolute Gasteiger partial charge is 0.206 e. The van der Waals surface area contributed by atoms with Crippen LogP contribution in [-0.4, -0.2) is 11.7 Å². The molecule has 0 saturated carbocycles. The summed E-state index contributed by atoms with van der Waals surface area (Å²) in [6.07, 6.45) is 2.87. The molecule has 1 atom stereocenters. The summed E-state index contributed by atoms with van der Waals surface area (Å²) in [6.45, 7) is 1.94. The Morgan fingerprint density at radius 2 is 2.13 bits per heavy atom. The summed E-state index contributed by atoms with van der Waals surface area (Å²) >= 11 is 0. The van der Waals surface area contributed by atoms with Gasteiger partial charge in [0.05, 0.1) is 12.0 Å². The van der Waals surface area contributed by atoms with Crippen LogP contribution >= 0.6 is 12.4 Å². The van der Waals surface area contributed by atoms with Gasteiger partial charge in [-0.25, -0.2) is 9.82 Å². The monoisotopic (exact) mass is 336 g/mol. The van der Waals surface area contributed by atoms with Gasteiger partial charge in [0.25, 0.3) is 0 Å². The highest BCUT2D eigenvalue weighted by Gasteiger charge is 2.30. The molecule has 0 aliphatic heterocycles. The fraction of sp³-hybridized carbons (Fsp3) is 0.250. The van der Waals surface area contributed by atoms with Gasteiger partial charge in [0.1, 0.15) is 11.6 Å². The van der Waals surface area contributed by atoms with Crippen molar-refractivity contribution in [2.45, 2.75) is 25.7 Å². The van der Waals surface area contributed by atoms with E-state index in [1.807, 2.05) is 13.0 Å². The number of nitrogens with two attached hydrogens (primary N) is 1. The zero-order valence-electron chi connectivity index (χ0n) is 12.6. The van der Waals surface area contributed by atoms with Gasteiger partial charge >= 0.3 is 0 Å². The average molecular weight is 337 g/mol. The van der Waals surface area contributed by atoms with Crippen molar-refractivity contribution in [2.24, 2.45) is 10.8 Å². The highest BCUT2D eigenvalue weighted by Crippen LogP contribution is 2.36. The van der Waals surface area contributed by atoms with Crippen LogP contribution < -0.4 is 11.2 Å². The molecule has 0 fully saturated rings. The first kappa shape index (κ1) is 17.0. The third kappa shape index (κ3) is 3.37. The normalized spacial score (nSPS) is 18.2. The zero-order valence-corrected chi connectivity index (χ0v) is 13.4. The molecule has 0 radical (unpaired) electrons. The fourth-order valence-electron chi connectivity index (χ4n) is 2.92. The van der Waals surface area contributed by atoms with E-state index in [0.29, 0.717) is 18.4 Å². The van der Waals surface area contributed by atoms with Crippen LogP contribution in [0.1, 0.15) is 34.8 Å². The Bertz CT molecular complexity index is 756. The second kappa shape index (κ2) is 6.83. The Morgan fingerprint density at radius 1 is 1.39 bits per heavy atom. The lowest BCUT2D eigenvalue weighted by molar-refractivity contribution is 0.473. The number of benzene rings is 1. The molecule has 7 heteroatoms. The molecule has 0 saturated heterocycles. The molecular formula is C16H18ClFN4O. The van der Waals surface area contributed by atoms with E-state index in [-0.39, 0.29) is 30.1 Å². The molecule has 122 valence electrons. The maximum absolute atomic E-state index is 14.1. The summed E-state index contributed by atoms with van der Waals surface area (Å²) in [6, 6.07) is 6.75. The summed E-state index contributed by atoms with van der Waals surface area (Å²) in [4.78, 5) is 0. The molecule has 4 N–H and O–H groups in total. The Balaban J connectivity index is 0.00000192. The molecule has 1 heterocycles. The number of rotatable bonds is 2. The lowest BCUT2D eigenvalue weighted by Crippen LogP contribution is -2.29. The predicted molar refractivity (Wildman–Crippen MR) is 89.7 cm³/mol. The number of aryl methyl sites for hydroxylation is 1. The standard InChI is InChI=1S/C16H17FN4O.ClH/c1-9-8-22-14-7-10(11-4-2-3-5-12(11)17)6-13(15(9)14)20-21-16(18)19;/h2-5,8,10H,6-7H2,1H3,(H4,18,19,21);1H/b20-13+;. The van der Waals surface area contributed by atoms with Crippen LogP contribution in [0.4, 0.5) is 4.39 Å². The third-order valence-electron chi connectivity index (χ3n) is 3.87. The van der Waals surface area contributed by atoms with Crippen molar-refractivity contribution in [1.82, 2.24) is 5.43 Å². The third-order valence-corrected chi connectivity index (χ3v) is 3.87. The molecule has 0 spiro atoms. The van der Waals surface area contributed by atoms with Crippen molar-refractivity contribution in [2.75, 3.05) is 0 Å². The molecule has 0 amide bonds. The van der Waals surface area contributed by atoms with Gasteiger partial charge in [-0.2, -0.15) is 5.10 Å². The number of hydrazone groups is 1. The van der Waals surface area contributed by atoms with Crippen LogP contribution in [0.25, 0.3) is 0 Å². The van der Waals surface area contributed by atoms with Crippen molar-refractivity contribution in [1.29, 1.82) is 5.41 Å². The summed E-state index contributed by atoms with van der Waals surface area (Å²) in [5.74, 6) is 0.286. The van der Waals surface area contributed by atoms with Gasteiger partial charge in [-0.3, -0.25) is 5.41 Å². The lowest BCUT2D eigenvalue weighted by Gasteiger charge is -2.24. The predicted octanol–water partition coefficient (Wildman–Crippen LogP) is 3.07. The fourth-order valence-corrected chi connectivity index (χ4v) is 2.92. The topological polar surface area (TPSA) is 87.4 Å². The van der Waals surface area contributed by atoms with Crippen molar-refractivity contribution in [3.8, 4) is 0 Å². The van der Waals surface area contributed by atoms with E-state index in [0.717, 1.165) is 22.6 Å². The highest BCUT2D eigenvalue weighted by molar-refractivity contribution is 6.04. The number of fused-ring (bicyclic) bond motifs is 1. The number of halogens is 2. The molecule has 1 aromatic heterocycles. The van der Waals surface area contributed by atoms with E-state index in [1.165, 1.54) is 6.07 Å². The van der Waals surface area contributed by atoms with Crippen LogP contribution in [0, 0.1) is 18.2 Å². The van der Waals surface area contributed by atoms with Gasteiger partial charge in [-0.1, -0.05) is 18.2 Å². The van der Waals surface area contributed by atoms with E-state index in [9.17, 15) is 4.39 Å². The molecule has 0 bridgehead atoms. The van der Waals surface area contributed by atoms with E-state index in [4.69, 9.17) is 15.6 Å². The van der Waals surface area contributed by atoms with Crippen molar-refractivity contribution >= 4 is 24.1 Å². The summed E-state index contributed by atoms with van der Waals surface area (Å²) in [5, 5.41) is 11.4. The highest BCUT2D eigenvalue weighted by atomic mass is 35.5. The Hall–Kier alpha value is -2.34. The second-order valence-electron chi connectivity index (χ2n) is 5.43. The molecular weight excluding hydrogens is 319 g/mol. The average Bonchev–Trinajstić information content (AvgIpc) is 2.87. The van der Waals surface area contributed by atoms with Crippen LogP contribution in [0.15, 0.2) is 40.0 Å². The van der Waals surface area contributed by atoms with Gasteiger partial charge in [0.15, 0.2) is 0 Å². The first-order chi connectivity index (χ1) is 10.6. The van der Waals surface area contributed by atoms with Crippen LogP contribution in [-0.2, 0) is 6.42 Å². The Morgan fingerprint density at radius 3 is 2.83 bits per heavy atom. The molecule has 2 aromatic rings. The van der Waals surface area contributed by atoms with E-state index in [2.05, 4.69) is 10.5 Å². The van der Waals surface area contributed by atoms with Gasteiger partial charge in [0.2, 0.25) is 5.96 Å². The Kier molecular flexibility index (Phi) is 5.05. The van der Waals surface area contributed by atoms with Crippen molar-refractivity contribution < 1.29 is 8.81 Å². The lowest BCUT2D eigenvalue weighted by atomic mass is 9.81. The number of guanidine groups is 1. The first-order valence-electron chi connectivity index (χ1n) is 7.04. The van der Waals surface area contributed by atoms with E-state index in [1.54, 1.807) is 18.4 Å². The minimum Gasteiger partial charge on any atom is -0.468 e. The molecule has 1 aliphatic carbocycles. The van der Waals surface area contributed by atoms with Gasteiger partial charge in [0, 0.05) is 12.0 Å². The molecule has 1 unspecified atom stereocenters. The summed E-state index contributed by atoms with van der Waals surface area (Å²) < 4.78 is 19.7. The Labute approximate surface area is 139 Å². The maximum atomic E-state index is 14.1. The quantitative estimate of drug-likeness (QED) is 0.447.